The second kappa shape index (κ2) is 5.74. The first-order chi connectivity index (χ1) is 9.33. The van der Waals surface area contributed by atoms with Crippen molar-refractivity contribution in [2.75, 3.05) is 26.2 Å². The summed E-state index contributed by atoms with van der Waals surface area (Å²) in [5, 5.41) is 0. The van der Waals surface area contributed by atoms with Crippen molar-refractivity contribution in [2.24, 2.45) is 0 Å². The van der Waals surface area contributed by atoms with Crippen LogP contribution < -0.4 is 0 Å². The van der Waals surface area contributed by atoms with Crippen LogP contribution in [0.5, 0.6) is 0 Å². The Balaban J connectivity index is 1.58. The zero-order chi connectivity index (χ0) is 13.1. The van der Waals surface area contributed by atoms with Crippen molar-refractivity contribution in [3.63, 3.8) is 0 Å². The molecule has 2 bridgehead atoms. The summed E-state index contributed by atoms with van der Waals surface area (Å²) >= 11 is 0. The van der Waals surface area contributed by atoms with E-state index >= 15 is 0 Å². The summed E-state index contributed by atoms with van der Waals surface area (Å²) in [6, 6.07) is 10.8. The van der Waals surface area contributed by atoms with Crippen molar-refractivity contribution in [1.82, 2.24) is 9.80 Å². The third kappa shape index (κ3) is 2.98. The van der Waals surface area contributed by atoms with E-state index < -0.39 is 0 Å². The molecule has 0 unspecified atom stereocenters. The van der Waals surface area contributed by atoms with Crippen LogP contribution in [-0.4, -0.2) is 47.9 Å². The largest absolute Gasteiger partial charge is 0.338 e. The molecule has 0 N–H and O–H groups in total. The van der Waals surface area contributed by atoms with Crippen LogP contribution in [0.15, 0.2) is 30.3 Å². The topological polar surface area (TPSA) is 23.6 Å². The lowest BCUT2D eigenvalue weighted by atomic mass is 10.0. The minimum Gasteiger partial charge on any atom is -0.338 e. The van der Waals surface area contributed by atoms with Crippen molar-refractivity contribution in [1.29, 1.82) is 0 Å². The van der Waals surface area contributed by atoms with Gasteiger partial charge in [-0.3, -0.25) is 4.79 Å². The molecule has 1 aromatic rings. The van der Waals surface area contributed by atoms with Gasteiger partial charge in [-0.1, -0.05) is 30.3 Å². The number of carbonyl (C=O) groups excluding carboxylic acids is 1. The molecule has 3 saturated heterocycles. The fraction of sp³-hybridized carbons (Fsp3) is 0.562. The lowest BCUT2D eigenvalue weighted by Crippen LogP contribution is -2.41. The van der Waals surface area contributed by atoms with E-state index in [4.69, 9.17) is 0 Å². The van der Waals surface area contributed by atoms with Gasteiger partial charge in [0.2, 0.25) is 5.91 Å². The van der Waals surface area contributed by atoms with Crippen molar-refractivity contribution in [3.05, 3.63) is 35.9 Å². The van der Waals surface area contributed by atoms with Gasteiger partial charge < -0.3 is 9.80 Å². The van der Waals surface area contributed by atoms with Gasteiger partial charge in [-0.15, -0.1) is 0 Å². The smallest absolute Gasteiger partial charge is 0.223 e. The molecule has 3 nitrogen and oxygen atoms in total. The highest BCUT2D eigenvalue weighted by molar-refractivity contribution is 5.77. The average Bonchev–Trinajstić information content (AvgIpc) is 2.79. The summed E-state index contributed by atoms with van der Waals surface area (Å²) in [7, 11) is 0. The van der Waals surface area contributed by atoms with E-state index in [1.165, 1.54) is 18.7 Å². The molecule has 0 radical (unpaired) electrons. The Morgan fingerprint density at radius 3 is 2.53 bits per heavy atom. The molecule has 0 spiro atoms. The van der Waals surface area contributed by atoms with Gasteiger partial charge in [0, 0.05) is 38.6 Å². The number of fused-ring (bicyclic) bond motifs is 4. The van der Waals surface area contributed by atoms with Crippen LogP contribution in [0.3, 0.4) is 0 Å². The number of nitrogens with zero attached hydrogens (tertiary/aromatic N) is 2. The van der Waals surface area contributed by atoms with Crippen molar-refractivity contribution >= 4 is 5.91 Å². The van der Waals surface area contributed by atoms with Crippen LogP contribution in [-0.2, 0) is 11.2 Å². The Bertz CT molecular complexity index is 424. The molecule has 19 heavy (non-hydrogen) atoms. The number of rotatable bonds is 3. The number of hydrogen-bond donors (Lipinski definition) is 0. The fourth-order valence-electron chi connectivity index (χ4n) is 3.25. The molecule has 0 aliphatic carbocycles. The van der Waals surface area contributed by atoms with E-state index in [1.54, 1.807) is 0 Å². The van der Waals surface area contributed by atoms with Crippen molar-refractivity contribution < 1.29 is 4.79 Å². The lowest BCUT2D eigenvalue weighted by Gasteiger charge is -2.31. The molecule has 4 rings (SSSR count). The Hall–Kier alpha value is -1.35. The Labute approximate surface area is 115 Å². The van der Waals surface area contributed by atoms with Gasteiger partial charge in [-0.2, -0.15) is 0 Å². The third-order valence-corrected chi connectivity index (χ3v) is 4.45. The van der Waals surface area contributed by atoms with Gasteiger partial charge in [0.25, 0.3) is 0 Å². The quantitative estimate of drug-likeness (QED) is 0.827. The fourth-order valence-corrected chi connectivity index (χ4v) is 3.25. The average molecular weight is 258 g/mol. The molecule has 0 atom stereocenters. The van der Waals surface area contributed by atoms with Gasteiger partial charge in [-0.25, -0.2) is 0 Å². The Morgan fingerprint density at radius 2 is 1.79 bits per heavy atom. The predicted octanol–water partition coefficient (Wildman–Crippen LogP) is 1.93. The number of aryl methyl sites for hydroxylation is 1. The van der Waals surface area contributed by atoms with Gasteiger partial charge in [0.1, 0.15) is 0 Å². The van der Waals surface area contributed by atoms with E-state index in [0.29, 0.717) is 18.4 Å². The minimum atomic E-state index is 0.345. The Kier molecular flexibility index (Phi) is 3.83. The molecular formula is C16H22N2O. The summed E-state index contributed by atoms with van der Waals surface area (Å²) in [5.41, 5.74) is 1.26. The van der Waals surface area contributed by atoms with Crippen LogP contribution in [0.4, 0.5) is 0 Å². The van der Waals surface area contributed by atoms with E-state index in [1.807, 2.05) is 18.2 Å². The zero-order valence-corrected chi connectivity index (χ0v) is 11.4. The first kappa shape index (κ1) is 12.7. The molecule has 1 aromatic carbocycles. The summed E-state index contributed by atoms with van der Waals surface area (Å²) in [6.07, 6.45) is 3.85. The minimum absolute atomic E-state index is 0.345. The predicted molar refractivity (Wildman–Crippen MR) is 75.9 cm³/mol. The molecule has 102 valence electrons. The standard InChI is InChI=1S/C16H22N2O/c19-16(7-6-14-4-2-1-3-5-14)18-13-12-17-10-8-15(18)9-11-17/h1-5,15H,6-13H2. The summed E-state index contributed by atoms with van der Waals surface area (Å²) in [4.78, 5) is 17.1. The summed E-state index contributed by atoms with van der Waals surface area (Å²) in [5.74, 6) is 0.345. The van der Waals surface area contributed by atoms with Crippen LogP contribution in [0.1, 0.15) is 24.8 Å². The van der Waals surface area contributed by atoms with Gasteiger partial charge in [0.15, 0.2) is 0 Å². The third-order valence-electron chi connectivity index (χ3n) is 4.45. The maximum Gasteiger partial charge on any atom is 0.223 e. The number of amides is 1. The van der Waals surface area contributed by atoms with E-state index in [2.05, 4.69) is 21.9 Å². The van der Waals surface area contributed by atoms with E-state index in [9.17, 15) is 4.79 Å². The highest BCUT2D eigenvalue weighted by atomic mass is 16.2. The highest BCUT2D eigenvalue weighted by Gasteiger charge is 2.31. The van der Waals surface area contributed by atoms with Crippen LogP contribution in [0.2, 0.25) is 0 Å². The number of hydrogen-bond acceptors (Lipinski definition) is 2. The number of carbonyl (C=O) groups is 1. The molecule has 3 fully saturated rings. The van der Waals surface area contributed by atoms with Crippen LogP contribution in [0, 0.1) is 0 Å². The van der Waals surface area contributed by atoms with Crippen molar-refractivity contribution in [3.8, 4) is 0 Å². The first-order valence-corrected chi connectivity index (χ1v) is 7.39. The van der Waals surface area contributed by atoms with Crippen LogP contribution in [0.25, 0.3) is 0 Å². The molecule has 0 saturated carbocycles. The monoisotopic (exact) mass is 258 g/mol. The van der Waals surface area contributed by atoms with E-state index in [-0.39, 0.29) is 0 Å². The van der Waals surface area contributed by atoms with Crippen LogP contribution >= 0.6 is 0 Å². The maximum atomic E-state index is 12.4. The maximum absolute atomic E-state index is 12.4. The molecule has 3 aliphatic heterocycles. The van der Waals surface area contributed by atoms with Gasteiger partial charge >= 0.3 is 0 Å². The SMILES string of the molecule is O=C(CCc1ccccc1)N1CCN2CCC1CC2. The number of benzene rings is 1. The van der Waals surface area contributed by atoms with Crippen molar-refractivity contribution in [2.45, 2.75) is 31.7 Å². The molecule has 3 heteroatoms. The van der Waals surface area contributed by atoms with Gasteiger partial charge in [0.05, 0.1) is 0 Å². The van der Waals surface area contributed by atoms with E-state index in [0.717, 1.165) is 32.4 Å². The highest BCUT2D eigenvalue weighted by Crippen LogP contribution is 2.21. The molecule has 1 amide bonds. The number of piperidine rings is 1. The molecule has 3 heterocycles. The second-order valence-corrected chi connectivity index (χ2v) is 5.65. The second-order valence-electron chi connectivity index (χ2n) is 5.65. The molecular weight excluding hydrogens is 236 g/mol. The molecule has 3 aliphatic rings. The molecule has 0 aromatic heterocycles. The Morgan fingerprint density at radius 1 is 1.05 bits per heavy atom. The first-order valence-electron chi connectivity index (χ1n) is 7.39. The van der Waals surface area contributed by atoms with Gasteiger partial charge in [-0.05, 0) is 24.8 Å². The summed E-state index contributed by atoms with van der Waals surface area (Å²) in [6.45, 7) is 4.34. The summed E-state index contributed by atoms with van der Waals surface area (Å²) < 4.78 is 0. The zero-order valence-electron chi connectivity index (χ0n) is 11.4. The lowest BCUT2D eigenvalue weighted by molar-refractivity contribution is -0.133. The normalized spacial score (nSPS) is 26.2.